The van der Waals surface area contributed by atoms with Crippen molar-refractivity contribution in [3.8, 4) is 0 Å². The van der Waals surface area contributed by atoms with E-state index in [-0.39, 0.29) is 22.2 Å². The molecule has 1 N–H and O–H groups in total. The average Bonchev–Trinajstić information content (AvgIpc) is 2.61. The second-order valence-corrected chi connectivity index (χ2v) is 6.65. The number of benzene rings is 2. The normalized spacial score (nSPS) is 10.6. The van der Waals surface area contributed by atoms with E-state index >= 15 is 0 Å². The molecule has 7 nitrogen and oxygen atoms in total. The lowest BCUT2D eigenvalue weighted by molar-refractivity contribution is -0.384. The number of halogens is 1. The van der Waals surface area contributed by atoms with E-state index in [2.05, 4.69) is 5.32 Å². The number of non-ortho nitro benzene ring substituents is 1. The number of nitrogens with one attached hydrogen (secondary N) is 1. The van der Waals surface area contributed by atoms with Crippen LogP contribution in [0.3, 0.4) is 0 Å². The lowest BCUT2D eigenvalue weighted by atomic mass is 9.98. The van der Waals surface area contributed by atoms with Crippen molar-refractivity contribution in [3.05, 3.63) is 68.2 Å². The highest BCUT2D eigenvalue weighted by Crippen LogP contribution is 2.27. The molecular weight excluding hydrogens is 372 g/mol. The first-order chi connectivity index (χ1) is 12.7. The molecule has 0 unspecified atom stereocenters. The van der Waals surface area contributed by atoms with Gasteiger partial charge in [-0.3, -0.25) is 14.9 Å². The van der Waals surface area contributed by atoms with Gasteiger partial charge < -0.3 is 10.1 Å². The number of hydrogen-bond donors (Lipinski definition) is 1. The number of anilines is 1. The standard InChI is InChI=1S/C19H19ClN2O5/c1-11(2)14-6-4-5-12(3)18(14)21-17(23)10-27-19(24)15-9-13(22(25)26)7-8-16(15)20/h4-9,11H,10H2,1-3H3,(H,21,23). The van der Waals surface area contributed by atoms with E-state index < -0.39 is 23.4 Å². The van der Waals surface area contributed by atoms with Gasteiger partial charge in [-0.2, -0.15) is 0 Å². The number of para-hydroxylation sites is 1. The molecule has 0 spiro atoms. The van der Waals surface area contributed by atoms with Gasteiger partial charge >= 0.3 is 5.97 Å². The predicted octanol–water partition coefficient (Wildman–Crippen LogP) is 4.48. The summed E-state index contributed by atoms with van der Waals surface area (Å²) in [5, 5.41) is 13.6. The maximum absolute atomic E-state index is 12.2. The minimum atomic E-state index is -0.910. The third kappa shape index (κ3) is 5.04. The fourth-order valence-corrected chi connectivity index (χ4v) is 2.70. The van der Waals surface area contributed by atoms with Crippen molar-refractivity contribution in [2.75, 3.05) is 11.9 Å². The largest absolute Gasteiger partial charge is 0.452 e. The van der Waals surface area contributed by atoms with Crippen molar-refractivity contribution in [1.82, 2.24) is 0 Å². The summed E-state index contributed by atoms with van der Waals surface area (Å²) in [6.07, 6.45) is 0. The first-order valence-corrected chi connectivity index (χ1v) is 8.59. The Balaban J connectivity index is 2.08. The van der Waals surface area contributed by atoms with Gasteiger partial charge in [0.1, 0.15) is 0 Å². The maximum Gasteiger partial charge on any atom is 0.340 e. The Morgan fingerprint density at radius 2 is 1.96 bits per heavy atom. The summed E-state index contributed by atoms with van der Waals surface area (Å²) in [4.78, 5) is 34.5. The van der Waals surface area contributed by atoms with E-state index in [4.69, 9.17) is 16.3 Å². The van der Waals surface area contributed by atoms with E-state index in [0.29, 0.717) is 5.69 Å². The molecule has 2 aromatic rings. The first-order valence-electron chi connectivity index (χ1n) is 8.21. The van der Waals surface area contributed by atoms with Crippen LogP contribution in [0.5, 0.6) is 0 Å². The first kappa shape index (κ1) is 20.4. The second kappa shape index (κ2) is 8.64. The van der Waals surface area contributed by atoms with Gasteiger partial charge in [0.05, 0.1) is 15.5 Å². The van der Waals surface area contributed by atoms with E-state index in [9.17, 15) is 19.7 Å². The number of hydrogen-bond acceptors (Lipinski definition) is 5. The van der Waals surface area contributed by atoms with Crippen LogP contribution in [0.2, 0.25) is 5.02 Å². The van der Waals surface area contributed by atoms with E-state index in [1.54, 1.807) is 0 Å². The smallest absolute Gasteiger partial charge is 0.340 e. The van der Waals surface area contributed by atoms with Crippen LogP contribution in [0.15, 0.2) is 36.4 Å². The van der Waals surface area contributed by atoms with Crippen molar-refractivity contribution in [2.45, 2.75) is 26.7 Å². The molecule has 0 bridgehead atoms. The number of rotatable bonds is 6. The van der Waals surface area contributed by atoms with Crippen molar-refractivity contribution in [1.29, 1.82) is 0 Å². The van der Waals surface area contributed by atoms with E-state index in [1.165, 1.54) is 12.1 Å². The van der Waals surface area contributed by atoms with Crippen LogP contribution in [-0.2, 0) is 9.53 Å². The Labute approximate surface area is 161 Å². The fraction of sp³-hybridized carbons (Fsp3) is 0.263. The Hall–Kier alpha value is -2.93. The fourth-order valence-electron chi connectivity index (χ4n) is 2.51. The SMILES string of the molecule is Cc1cccc(C(C)C)c1NC(=O)COC(=O)c1cc([N+](=O)[O-])ccc1Cl. The van der Waals surface area contributed by atoms with Gasteiger partial charge in [-0.05, 0) is 30.0 Å². The predicted molar refractivity (Wildman–Crippen MR) is 102 cm³/mol. The highest BCUT2D eigenvalue weighted by Gasteiger charge is 2.19. The van der Waals surface area contributed by atoms with Crippen molar-refractivity contribution in [3.63, 3.8) is 0 Å². The molecule has 0 aliphatic heterocycles. The number of nitrogens with zero attached hydrogens (tertiary/aromatic N) is 1. The number of ether oxygens (including phenoxy) is 1. The Morgan fingerprint density at radius 1 is 1.26 bits per heavy atom. The number of amides is 1. The van der Waals surface area contributed by atoms with Gasteiger partial charge in [0, 0.05) is 17.8 Å². The van der Waals surface area contributed by atoms with Gasteiger partial charge in [0.2, 0.25) is 0 Å². The molecule has 2 aromatic carbocycles. The molecular formula is C19H19ClN2O5. The van der Waals surface area contributed by atoms with Crippen LogP contribution < -0.4 is 5.32 Å². The molecule has 0 aliphatic carbocycles. The summed E-state index contributed by atoms with van der Waals surface area (Å²) in [5.74, 6) is -1.22. The Kier molecular flexibility index (Phi) is 6.52. The van der Waals surface area contributed by atoms with Crippen LogP contribution in [0.1, 0.15) is 41.3 Å². The molecule has 1 amide bonds. The zero-order valence-corrected chi connectivity index (χ0v) is 15.9. The Morgan fingerprint density at radius 3 is 2.59 bits per heavy atom. The van der Waals surface area contributed by atoms with Crippen molar-refractivity contribution >= 4 is 34.9 Å². The molecule has 0 fully saturated rings. The van der Waals surface area contributed by atoms with Crippen molar-refractivity contribution < 1.29 is 19.2 Å². The number of aryl methyl sites for hydroxylation is 1. The summed E-state index contributed by atoms with van der Waals surface area (Å²) in [6.45, 7) is 5.35. The summed E-state index contributed by atoms with van der Waals surface area (Å²) in [5.41, 5.74) is 2.08. The van der Waals surface area contributed by atoms with Crippen LogP contribution in [0.25, 0.3) is 0 Å². The molecule has 0 saturated carbocycles. The minimum absolute atomic E-state index is 0.00649. The lowest BCUT2D eigenvalue weighted by Gasteiger charge is -2.16. The van der Waals surface area contributed by atoms with E-state index in [0.717, 1.165) is 17.2 Å². The average molecular weight is 391 g/mol. The van der Waals surface area contributed by atoms with Crippen LogP contribution in [-0.4, -0.2) is 23.4 Å². The number of esters is 1. The molecule has 27 heavy (non-hydrogen) atoms. The summed E-state index contributed by atoms with van der Waals surface area (Å²) < 4.78 is 4.96. The molecule has 142 valence electrons. The third-order valence-corrected chi connectivity index (χ3v) is 4.24. The highest BCUT2D eigenvalue weighted by molar-refractivity contribution is 6.33. The summed E-state index contributed by atoms with van der Waals surface area (Å²) in [6, 6.07) is 9.13. The maximum atomic E-state index is 12.2. The molecule has 0 radical (unpaired) electrons. The van der Waals surface area contributed by atoms with Gasteiger partial charge in [0.15, 0.2) is 6.61 Å². The van der Waals surface area contributed by atoms with Gasteiger partial charge in [-0.25, -0.2) is 4.79 Å². The highest BCUT2D eigenvalue weighted by atomic mass is 35.5. The molecule has 0 aliphatic rings. The Bertz CT molecular complexity index is 896. The third-order valence-electron chi connectivity index (χ3n) is 3.91. The number of carbonyl (C=O) groups excluding carboxylic acids is 2. The molecule has 2 rings (SSSR count). The summed E-state index contributed by atoms with van der Waals surface area (Å²) in [7, 11) is 0. The second-order valence-electron chi connectivity index (χ2n) is 6.24. The van der Waals surface area contributed by atoms with Gasteiger partial charge in [-0.1, -0.05) is 43.6 Å². The molecule has 0 heterocycles. The summed E-state index contributed by atoms with van der Waals surface area (Å²) >= 11 is 5.89. The monoisotopic (exact) mass is 390 g/mol. The molecule has 0 aromatic heterocycles. The molecule has 8 heteroatoms. The van der Waals surface area contributed by atoms with Gasteiger partial charge in [0.25, 0.3) is 11.6 Å². The lowest BCUT2D eigenvalue weighted by Crippen LogP contribution is -2.22. The zero-order valence-electron chi connectivity index (χ0n) is 15.1. The van der Waals surface area contributed by atoms with E-state index in [1.807, 2.05) is 39.0 Å². The topological polar surface area (TPSA) is 98.5 Å². The zero-order chi connectivity index (χ0) is 20.1. The number of carbonyl (C=O) groups is 2. The van der Waals surface area contributed by atoms with Crippen LogP contribution in [0.4, 0.5) is 11.4 Å². The van der Waals surface area contributed by atoms with Gasteiger partial charge in [-0.15, -0.1) is 0 Å². The molecule has 0 saturated heterocycles. The quantitative estimate of drug-likeness (QED) is 0.445. The molecule has 0 atom stereocenters. The minimum Gasteiger partial charge on any atom is -0.452 e. The van der Waals surface area contributed by atoms with Crippen LogP contribution in [0, 0.1) is 17.0 Å². The van der Waals surface area contributed by atoms with Crippen LogP contribution >= 0.6 is 11.6 Å². The van der Waals surface area contributed by atoms with Crippen molar-refractivity contribution in [2.24, 2.45) is 0 Å². The number of nitro groups is 1. The number of nitro benzene ring substituents is 1.